The van der Waals surface area contributed by atoms with Crippen LogP contribution in [0.15, 0.2) is 51.9 Å². The molecular formula is C12H9F4NOS. The molecule has 1 aliphatic heterocycles. The largest absolute Gasteiger partial charge is 0.609 e. The van der Waals surface area contributed by atoms with Gasteiger partial charge in [-0.05, 0) is 12.1 Å². The summed E-state index contributed by atoms with van der Waals surface area (Å²) in [5, 5.41) is -2.64. The topological polar surface area (TPSA) is 35.4 Å². The number of benzene rings is 1. The summed E-state index contributed by atoms with van der Waals surface area (Å²) in [6.45, 7) is -0.589. The Labute approximate surface area is 110 Å². The van der Waals surface area contributed by atoms with Crippen molar-refractivity contribution in [3.8, 4) is 0 Å². The molecule has 0 saturated heterocycles. The molecule has 19 heavy (non-hydrogen) atoms. The van der Waals surface area contributed by atoms with E-state index in [4.69, 9.17) is 0 Å². The maximum Gasteiger partial charge on any atom is 0.417 e. The van der Waals surface area contributed by atoms with Gasteiger partial charge in [-0.3, -0.25) is 4.99 Å². The van der Waals surface area contributed by atoms with E-state index in [0.717, 1.165) is 0 Å². The molecule has 1 aromatic carbocycles. The molecular weight excluding hydrogens is 282 g/mol. The summed E-state index contributed by atoms with van der Waals surface area (Å²) >= 11 is -2.25. The number of rotatable bonds is 2. The molecule has 2 rings (SSSR count). The van der Waals surface area contributed by atoms with Gasteiger partial charge < -0.3 is 4.55 Å². The second-order valence-electron chi connectivity index (χ2n) is 3.94. The number of nitrogens with zero attached hydrogens (tertiary/aromatic N) is 1. The summed E-state index contributed by atoms with van der Waals surface area (Å²) in [5.74, 6) is 0. The van der Waals surface area contributed by atoms with Gasteiger partial charge in [0.05, 0.1) is 5.57 Å². The van der Waals surface area contributed by atoms with Gasteiger partial charge in [-0.2, -0.15) is 17.6 Å². The number of halogens is 4. The zero-order valence-corrected chi connectivity index (χ0v) is 10.3. The maximum atomic E-state index is 14.4. The van der Waals surface area contributed by atoms with Crippen LogP contribution in [0, 0.1) is 0 Å². The molecule has 0 aliphatic carbocycles. The Kier molecular flexibility index (Phi) is 3.69. The van der Waals surface area contributed by atoms with Gasteiger partial charge in [0.15, 0.2) is 4.90 Å². The van der Waals surface area contributed by atoms with E-state index in [1.165, 1.54) is 24.3 Å². The average molecular weight is 291 g/mol. The zero-order chi connectivity index (χ0) is 14.1. The van der Waals surface area contributed by atoms with Crippen LogP contribution in [0.4, 0.5) is 17.6 Å². The molecule has 7 heteroatoms. The van der Waals surface area contributed by atoms with Gasteiger partial charge in [0.25, 0.3) is 0 Å². The first-order valence-electron chi connectivity index (χ1n) is 5.29. The Morgan fingerprint density at radius 2 is 1.84 bits per heavy atom. The molecule has 1 aliphatic rings. The van der Waals surface area contributed by atoms with Crippen LogP contribution >= 0.6 is 0 Å². The summed E-state index contributed by atoms with van der Waals surface area (Å²) in [6.07, 6.45) is -3.80. The molecule has 2 nitrogen and oxygen atoms in total. The number of dihydropyridines is 1. The molecule has 2 atom stereocenters. The summed E-state index contributed by atoms with van der Waals surface area (Å²) in [5.41, 5.74) is -1.22. The lowest BCUT2D eigenvalue weighted by molar-refractivity contribution is -0.0865. The van der Waals surface area contributed by atoms with Gasteiger partial charge in [-0.25, -0.2) is 0 Å². The zero-order valence-electron chi connectivity index (χ0n) is 9.52. The minimum Gasteiger partial charge on any atom is -0.609 e. The van der Waals surface area contributed by atoms with Crippen LogP contribution in [0.2, 0.25) is 0 Å². The highest BCUT2D eigenvalue weighted by molar-refractivity contribution is 7.92. The van der Waals surface area contributed by atoms with Crippen molar-refractivity contribution in [1.29, 1.82) is 0 Å². The van der Waals surface area contributed by atoms with Crippen LogP contribution in [0.5, 0.6) is 0 Å². The lowest BCUT2D eigenvalue weighted by Crippen LogP contribution is -2.39. The van der Waals surface area contributed by atoms with Crippen molar-refractivity contribution in [2.45, 2.75) is 16.1 Å². The van der Waals surface area contributed by atoms with Gasteiger partial charge in [0.1, 0.15) is 6.54 Å². The summed E-state index contributed by atoms with van der Waals surface area (Å²) in [7, 11) is 0. The van der Waals surface area contributed by atoms with Crippen LogP contribution in [-0.4, -0.2) is 28.5 Å². The van der Waals surface area contributed by atoms with Gasteiger partial charge in [0, 0.05) is 23.5 Å². The molecule has 0 spiro atoms. The van der Waals surface area contributed by atoms with E-state index in [-0.39, 0.29) is 4.90 Å². The number of hydrogen-bond donors (Lipinski definition) is 0. The van der Waals surface area contributed by atoms with Crippen molar-refractivity contribution in [3.05, 3.63) is 42.0 Å². The molecule has 102 valence electrons. The minimum atomic E-state index is -4.71. The molecule has 0 amide bonds. The van der Waals surface area contributed by atoms with Crippen LogP contribution in [0.25, 0.3) is 0 Å². The fraction of sp³-hybridized carbons (Fsp3) is 0.250. The van der Waals surface area contributed by atoms with E-state index in [0.29, 0.717) is 12.3 Å². The predicted octanol–water partition coefficient (Wildman–Crippen LogP) is 3.03. The monoisotopic (exact) mass is 291 g/mol. The highest BCUT2D eigenvalue weighted by Crippen LogP contribution is 2.36. The van der Waals surface area contributed by atoms with Crippen LogP contribution in [0.3, 0.4) is 0 Å². The number of hydrogen-bond acceptors (Lipinski definition) is 2. The molecule has 0 bridgehead atoms. The molecule has 0 radical (unpaired) electrons. The lowest BCUT2D eigenvalue weighted by Gasteiger charge is -2.26. The van der Waals surface area contributed by atoms with Crippen molar-refractivity contribution < 1.29 is 22.1 Å². The first-order valence-corrected chi connectivity index (χ1v) is 6.44. The summed E-state index contributed by atoms with van der Waals surface area (Å²) < 4.78 is 64.1. The molecule has 0 aromatic heterocycles. The van der Waals surface area contributed by atoms with Crippen LogP contribution in [-0.2, 0) is 11.2 Å². The smallest absolute Gasteiger partial charge is 0.417 e. The Morgan fingerprint density at radius 1 is 1.21 bits per heavy atom. The second kappa shape index (κ2) is 4.97. The fourth-order valence-electron chi connectivity index (χ4n) is 1.59. The molecule has 1 aromatic rings. The van der Waals surface area contributed by atoms with Gasteiger partial charge in [-0.1, -0.05) is 18.2 Å². The van der Waals surface area contributed by atoms with Gasteiger partial charge in [-0.15, -0.1) is 0 Å². The van der Waals surface area contributed by atoms with E-state index in [2.05, 4.69) is 4.99 Å². The first kappa shape index (κ1) is 14.1. The number of allylic oxidation sites excluding steroid dienone is 1. The fourth-order valence-corrected chi connectivity index (χ4v) is 2.81. The van der Waals surface area contributed by atoms with Crippen molar-refractivity contribution in [3.63, 3.8) is 0 Å². The minimum absolute atomic E-state index is 0.125. The third-order valence-electron chi connectivity index (χ3n) is 2.50. The molecule has 0 fully saturated rings. The van der Waals surface area contributed by atoms with Crippen molar-refractivity contribution in [1.82, 2.24) is 0 Å². The van der Waals surface area contributed by atoms with E-state index < -0.39 is 34.5 Å². The highest BCUT2D eigenvalue weighted by Gasteiger charge is 2.47. The maximum absolute atomic E-state index is 14.4. The highest BCUT2D eigenvalue weighted by atomic mass is 32.2. The quantitative estimate of drug-likeness (QED) is 0.609. The van der Waals surface area contributed by atoms with Crippen molar-refractivity contribution in [2.75, 3.05) is 6.54 Å². The van der Waals surface area contributed by atoms with Crippen LogP contribution in [0.1, 0.15) is 0 Å². The Balaban J connectivity index is 2.33. The van der Waals surface area contributed by atoms with Gasteiger partial charge in [0.2, 0.25) is 0 Å². The number of alkyl halides is 4. The van der Waals surface area contributed by atoms with Gasteiger partial charge >= 0.3 is 11.2 Å². The standard InChI is InChI=1S/C12H9F4NOS/c13-11(19(18)10-4-2-1-3-5-10)6-9(7-17-8-11)12(14,15)16/h1-7H,8H2. The third-order valence-corrected chi connectivity index (χ3v) is 4.06. The summed E-state index contributed by atoms with van der Waals surface area (Å²) in [6, 6.07) is 7.52. The number of aliphatic imine (C=N–C) groups is 1. The normalized spacial score (nSPS) is 25.0. The Bertz CT molecular complexity index is 514. The van der Waals surface area contributed by atoms with Crippen LogP contribution < -0.4 is 0 Å². The first-order chi connectivity index (χ1) is 8.83. The predicted molar refractivity (Wildman–Crippen MR) is 64.2 cm³/mol. The molecule has 0 saturated carbocycles. The van der Waals surface area contributed by atoms with E-state index in [1.807, 2.05) is 0 Å². The second-order valence-corrected chi connectivity index (χ2v) is 5.62. The van der Waals surface area contributed by atoms with E-state index in [1.54, 1.807) is 6.07 Å². The van der Waals surface area contributed by atoms with Crippen molar-refractivity contribution in [2.24, 2.45) is 4.99 Å². The van der Waals surface area contributed by atoms with E-state index >= 15 is 0 Å². The Morgan fingerprint density at radius 3 is 2.42 bits per heavy atom. The van der Waals surface area contributed by atoms with Crippen molar-refractivity contribution >= 4 is 17.4 Å². The molecule has 0 N–H and O–H groups in total. The molecule has 1 heterocycles. The SMILES string of the molecule is [O-][S+](c1ccccc1)C1(F)C=C(C(F)(F)F)C=NC1. The molecule has 2 unspecified atom stereocenters. The lowest BCUT2D eigenvalue weighted by atomic mass is 10.1. The van der Waals surface area contributed by atoms with E-state index in [9.17, 15) is 22.1 Å². The third kappa shape index (κ3) is 2.98. The Hall–Kier alpha value is -1.34. The summed E-state index contributed by atoms with van der Waals surface area (Å²) in [4.78, 5) is 3.47. The average Bonchev–Trinajstić information content (AvgIpc) is 2.38.